The Bertz CT molecular complexity index is 1560. The first kappa shape index (κ1) is 28.3. The Morgan fingerprint density at radius 3 is 2.38 bits per heavy atom. The number of methoxy groups -OCH3 is 2. The average molecular weight is 544 g/mol. The van der Waals surface area contributed by atoms with Crippen molar-refractivity contribution in [2.45, 2.75) is 45.8 Å². The summed E-state index contributed by atoms with van der Waals surface area (Å²) < 4.78 is 12.7. The fourth-order valence-corrected chi connectivity index (χ4v) is 4.51. The lowest BCUT2D eigenvalue weighted by atomic mass is 9.98. The molecule has 0 aliphatic heterocycles. The highest BCUT2D eigenvalue weighted by Crippen LogP contribution is 2.39. The zero-order valence-electron chi connectivity index (χ0n) is 23.5. The summed E-state index contributed by atoms with van der Waals surface area (Å²) in [4.78, 5) is 42.0. The van der Waals surface area contributed by atoms with E-state index in [1.165, 1.54) is 30.7 Å². The lowest BCUT2D eigenvalue weighted by Gasteiger charge is -2.34. The van der Waals surface area contributed by atoms with Gasteiger partial charge in [-0.15, -0.1) is 5.10 Å². The van der Waals surface area contributed by atoms with E-state index >= 15 is 0 Å². The normalized spacial score (nSPS) is 12.1. The summed E-state index contributed by atoms with van der Waals surface area (Å²) in [6, 6.07) is 17.9. The number of ether oxygens (including phenoxy) is 2. The molecule has 1 N–H and O–H groups in total. The van der Waals surface area contributed by atoms with Crippen molar-refractivity contribution in [1.29, 1.82) is 0 Å². The van der Waals surface area contributed by atoms with Crippen molar-refractivity contribution in [3.63, 3.8) is 0 Å². The largest absolute Gasteiger partial charge is 0.493 e. The monoisotopic (exact) mass is 543 g/mol. The summed E-state index contributed by atoms with van der Waals surface area (Å²) in [5, 5.41) is 11.3. The summed E-state index contributed by atoms with van der Waals surface area (Å²) in [5.74, 6) is -0.350. The van der Waals surface area contributed by atoms with Gasteiger partial charge in [0.15, 0.2) is 17.3 Å². The predicted octanol–water partition coefficient (Wildman–Crippen LogP) is 4.34. The quantitative estimate of drug-likeness (QED) is 0.312. The Balaban J connectivity index is 1.94. The van der Waals surface area contributed by atoms with E-state index in [0.717, 1.165) is 0 Å². The molecule has 0 saturated carbocycles. The van der Waals surface area contributed by atoms with Crippen LogP contribution >= 0.6 is 0 Å². The minimum atomic E-state index is -1.19. The molecule has 0 saturated heterocycles. The Kier molecular flexibility index (Phi) is 8.18. The summed E-state index contributed by atoms with van der Waals surface area (Å²) in [6.07, 6.45) is 0. The van der Waals surface area contributed by atoms with Crippen molar-refractivity contribution in [3.8, 4) is 11.5 Å². The van der Waals surface area contributed by atoms with E-state index < -0.39 is 23.4 Å². The van der Waals surface area contributed by atoms with Crippen molar-refractivity contribution in [1.82, 2.24) is 20.3 Å². The van der Waals surface area contributed by atoms with Gasteiger partial charge < -0.3 is 14.8 Å². The molecule has 1 aromatic heterocycles. The number of aromatic nitrogens is 3. The zero-order chi connectivity index (χ0) is 29.0. The Hall–Kier alpha value is -4.73. The number of Topliss-reactive ketones (excluding diaryl/α,β-unsaturated/α-hetero) is 1. The number of fused-ring (bicyclic) bond motifs is 1. The molecular formula is C30H33N5O5. The van der Waals surface area contributed by atoms with E-state index in [9.17, 15) is 14.4 Å². The Morgan fingerprint density at radius 2 is 1.70 bits per heavy atom. The molecule has 40 heavy (non-hydrogen) atoms. The molecule has 2 amide bonds. The van der Waals surface area contributed by atoms with Gasteiger partial charge in [-0.2, -0.15) is 0 Å². The molecule has 0 aliphatic carbocycles. The van der Waals surface area contributed by atoms with Gasteiger partial charge in [0.1, 0.15) is 18.1 Å². The zero-order valence-corrected chi connectivity index (χ0v) is 23.5. The van der Waals surface area contributed by atoms with Gasteiger partial charge in [-0.1, -0.05) is 41.6 Å². The molecule has 3 aromatic carbocycles. The van der Waals surface area contributed by atoms with Crippen molar-refractivity contribution >= 4 is 34.3 Å². The molecule has 10 nitrogen and oxygen atoms in total. The van der Waals surface area contributed by atoms with Gasteiger partial charge in [0.2, 0.25) is 11.8 Å². The first-order valence-electron chi connectivity index (χ1n) is 12.8. The number of nitrogens with one attached hydrogen (secondary N) is 1. The second-order valence-electron chi connectivity index (χ2n) is 10.3. The topological polar surface area (TPSA) is 116 Å². The minimum Gasteiger partial charge on any atom is -0.493 e. The first-order valence-corrected chi connectivity index (χ1v) is 12.8. The van der Waals surface area contributed by atoms with Gasteiger partial charge in [-0.3, -0.25) is 19.3 Å². The summed E-state index contributed by atoms with van der Waals surface area (Å²) >= 11 is 0. The van der Waals surface area contributed by atoms with Crippen LogP contribution in [0.2, 0.25) is 0 Å². The van der Waals surface area contributed by atoms with Gasteiger partial charge in [0, 0.05) is 22.4 Å². The number of hydrogen-bond acceptors (Lipinski definition) is 7. The highest BCUT2D eigenvalue weighted by atomic mass is 16.5. The number of amides is 2. The van der Waals surface area contributed by atoms with Crippen LogP contribution in [-0.2, 0) is 16.1 Å². The second-order valence-corrected chi connectivity index (χ2v) is 10.3. The third kappa shape index (κ3) is 5.96. The number of hydrogen-bond donors (Lipinski definition) is 1. The molecule has 0 unspecified atom stereocenters. The van der Waals surface area contributed by atoms with Crippen LogP contribution in [0.4, 0.5) is 5.69 Å². The molecule has 0 radical (unpaired) electrons. The molecule has 0 spiro atoms. The van der Waals surface area contributed by atoms with E-state index in [4.69, 9.17) is 9.47 Å². The van der Waals surface area contributed by atoms with Crippen LogP contribution in [0.5, 0.6) is 11.5 Å². The third-order valence-corrected chi connectivity index (χ3v) is 6.24. The number of carbonyl (C=O) groups is 3. The maximum absolute atomic E-state index is 14.3. The molecule has 208 valence electrons. The van der Waals surface area contributed by atoms with Crippen molar-refractivity contribution in [2.75, 3.05) is 19.1 Å². The van der Waals surface area contributed by atoms with E-state index in [1.54, 1.807) is 48.5 Å². The molecule has 0 aliphatic rings. The molecule has 4 rings (SSSR count). The average Bonchev–Trinajstić information content (AvgIpc) is 3.32. The molecule has 0 bridgehead atoms. The predicted molar refractivity (Wildman–Crippen MR) is 152 cm³/mol. The van der Waals surface area contributed by atoms with E-state index in [0.29, 0.717) is 39.3 Å². The van der Waals surface area contributed by atoms with Crippen LogP contribution < -0.4 is 19.7 Å². The highest BCUT2D eigenvalue weighted by molar-refractivity contribution is 6.03. The number of benzene rings is 3. The third-order valence-electron chi connectivity index (χ3n) is 6.24. The molecule has 10 heteroatoms. The standard InChI is InChI=1S/C30H33N5O5/c1-19(36)20-11-9-12-21(17-20)35(26(37)18-34-24-15-8-7-14-23(24)32-33-34)27(29(38)31-30(2,3)4)22-13-10-16-25(39-5)28(22)40-6/h7-17,27H,18H2,1-6H3,(H,31,38)/t27-/m1/s1. The van der Waals surface area contributed by atoms with Crippen molar-refractivity contribution in [2.24, 2.45) is 0 Å². The van der Waals surface area contributed by atoms with E-state index in [-0.39, 0.29) is 12.3 Å². The highest BCUT2D eigenvalue weighted by Gasteiger charge is 2.37. The Morgan fingerprint density at radius 1 is 0.975 bits per heavy atom. The molecular weight excluding hydrogens is 510 g/mol. The number of carbonyl (C=O) groups excluding carboxylic acids is 3. The number of ketones is 1. The van der Waals surface area contributed by atoms with Crippen molar-refractivity contribution in [3.05, 3.63) is 77.9 Å². The van der Waals surface area contributed by atoms with Gasteiger partial charge in [-0.05, 0) is 58.0 Å². The van der Waals surface area contributed by atoms with Gasteiger partial charge >= 0.3 is 0 Å². The van der Waals surface area contributed by atoms with Crippen LogP contribution in [0.15, 0.2) is 66.7 Å². The summed E-state index contributed by atoms with van der Waals surface area (Å²) in [6.45, 7) is 6.80. The number of nitrogens with zero attached hydrogens (tertiary/aromatic N) is 4. The van der Waals surface area contributed by atoms with Crippen molar-refractivity contribution < 1.29 is 23.9 Å². The fourth-order valence-electron chi connectivity index (χ4n) is 4.51. The minimum absolute atomic E-state index is 0.175. The van der Waals surface area contributed by atoms with E-state index in [2.05, 4.69) is 15.6 Å². The van der Waals surface area contributed by atoms with Crippen LogP contribution in [0, 0.1) is 0 Å². The van der Waals surface area contributed by atoms with Crippen LogP contribution in [0.25, 0.3) is 11.0 Å². The Labute approximate surface area is 232 Å². The number of anilines is 1. The summed E-state index contributed by atoms with van der Waals surface area (Å²) in [7, 11) is 2.98. The SMILES string of the molecule is COc1cccc([C@H](C(=O)NC(C)(C)C)N(C(=O)Cn2nnc3ccccc32)c2cccc(C(C)=O)c2)c1OC. The maximum Gasteiger partial charge on any atom is 0.249 e. The lowest BCUT2D eigenvalue weighted by molar-refractivity contribution is -0.128. The maximum atomic E-state index is 14.3. The summed E-state index contributed by atoms with van der Waals surface area (Å²) in [5.41, 5.74) is 1.86. The fraction of sp³-hybridized carbons (Fsp3) is 0.300. The smallest absolute Gasteiger partial charge is 0.249 e. The number of para-hydroxylation sites is 2. The van der Waals surface area contributed by atoms with Crippen LogP contribution in [-0.4, -0.2) is 52.3 Å². The molecule has 0 fully saturated rings. The first-order chi connectivity index (χ1) is 19.0. The number of rotatable bonds is 9. The second kappa shape index (κ2) is 11.6. The van der Waals surface area contributed by atoms with Crippen LogP contribution in [0.3, 0.4) is 0 Å². The van der Waals surface area contributed by atoms with Gasteiger partial charge in [-0.25, -0.2) is 4.68 Å². The molecule has 1 atom stereocenters. The molecule has 1 heterocycles. The van der Waals surface area contributed by atoms with E-state index in [1.807, 2.05) is 39.0 Å². The van der Waals surface area contributed by atoms with Gasteiger partial charge in [0.05, 0.1) is 19.7 Å². The molecule has 4 aromatic rings. The van der Waals surface area contributed by atoms with Gasteiger partial charge in [0.25, 0.3) is 0 Å². The lowest BCUT2D eigenvalue weighted by Crippen LogP contribution is -2.50. The van der Waals surface area contributed by atoms with Crippen LogP contribution in [0.1, 0.15) is 49.7 Å².